The lowest BCUT2D eigenvalue weighted by molar-refractivity contribution is 0.0934. The van der Waals surface area contributed by atoms with Crippen molar-refractivity contribution in [2.45, 2.75) is 25.8 Å². The average Bonchev–Trinajstić information content (AvgIpc) is 2.79. The summed E-state index contributed by atoms with van der Waals surface area (Å²) in [7, 11) is 0. The highest BCUT2D eigenvalue weighted by Gasteiger charge is 2.21. The number of rotatable bonds is 2. The van der Waals surface area contributed by atoms with Crippen LogP contribution in [0.25, 0.3) is 10.1 Å². The fourth-order valence-electron chi connectivity index (χ4n) is 2.70. The van der Waals surface area contributed by atoms with Gasteiger partial charge in [-0.1, -0.05) is 6.07 Å². The minimum atomic E-state index is -0.255. The van der Waals surface area contributed by atoms with E-state index in [2.05, 4.69) is 10.6 Å². The molecule has 0 radical (unpaired) electrons. The van der Waals surface area contributed by atoms with Crippen LogP contribution in [0.5, 0.6) is 0 Å². The highest BCUT2D eigenvalue weighted by atomic mass is 32.1. The van der Waals surface area contributed by atoms with Crippen molar-refractivity contribution in [1.29, 1.82) is 0 Å². The number of piperidine rings is 1. The van der Waals surface area contributed by atoms with E-state index < -0.39 is 0 Å². The van der Waals surface area contributed by atoms with E-state index in [9.17, 15) is 9.18 Å². The Morgan fingerprint density at radius 3 is 3.05 bits per heavy atom. The lowest BCUT2D eigenvalue weighted by atomic mass is 10.1. The molecule has 2 aromatic rings. The van der Waals surface area contributed by atoms with Crippen molar-refractivity contribution in [2.75, 3.05) is 13.1 Å². The molecule has 1 unspecified atom stereocenters. The van der Waals surface area contributed by atoms with Gasteiger partial charge in [0, 0.05) is 22.7 Å². The maximum absolute atomic E-state index is 13.8. The van der Waals surface area contributed by atoms with E-state index in [1.54, 1.807) is 6.07 Å². The third kappa shape index (κ3) is 2.43. The molecule has 1 amide bonds. The van der Waals surface area contributed by atoms with E-state index in [4.69, 9.17) is 0 Å². The van der Waals surface area contributed by atoms with Gasteiger partial charge in [0.25, 0.3) is 5.91 Å². The van der Waals surface area contributed by atoms with Gasteiger partial charge in [0.1, 0.15) is 5.82 Å². The minimum absolute atomic E-state index is 0.0863. The normalized spacial score (nSPS) is 19.2. The molecule has 0 saturated carbocycles. The lowest BCUT2D eigenvalue weighted by Crippen LogP contribution is -2.45. The number of fused-ring (bicyclic) bond motifs is 1. The minimum Gasteiger partial charge on any atom is -0.347 e. The van der Waals surface area contributed by atoms with Crippen LogP contribution in [0.3, 0.4) is 0 Å². The first-order chi connectivity index (χ1) is 9.66. The van der Waals surface area contributed by atoms with Crippen LogP contribution in [0.1, 0.15) is 28.1 Å². The summed E-state index contributed by atoms with van der Waals surface area (Å²) in [6.07, 6.45) is 2.07. The molecule has 20 heavy (non-hydrogen) atoms. The first kappa shape index (κ1) is 13.5. The molecule has 0 aliphatic carbocycles. The molecule has 1 aliphatic heterocycles. The van der Waals surface area contributed by atoms with Crippen LogP contribution in [-0.2, 0) is 0 Å². The number of thiophene rings is 1. The molecular formula is C15H17FN2OS. The Morgan fingerprint density at radius 1 is 1.50 bits per heavy atom. The van der Waals surface area contributed by atoms with Crippen LogP contribution in [0.2, 0.25) is 0 Å². The van der Waals surface area contributed by atoms with Gasteiger partial charge in [-0.3, -0.25) is 4.79 Å². The zero-order valence-electron chi connectivity index (χ0n) is 11.3. The van der Waals surface area contributed by atoms with E-state index in [-0.39, 0.29) is 17.8 Å². The molecule has 1 saturated heterocycles. The molecule has 2 heterocycles. The van der Waals surface area contributed by atoms with Crippen molar-refractivity contribution in [3.63, 3.8) is 0 Å². The molecule has 0 spiro atoms. The summed E-state index contributed by atoms with van der Waals surface area (Å²) in [5.74, 6) is -0.341. The number of amides is 1. The summed E-state index contributed by atoms with van der Waals surface area (Å²) in [6, 6.07) is 5.15. The molecular weight excluding hydrogens is 275 g/mol. The van der Waals surface area contributed by atoms with Crippen molar-refractivity contribution < 1.29 is 9.18 Å². The number of halogens is 1. The smallest absolute Gasteiger partial charge is 0.261 e. The van der Waals surface area contributed by atoms with Gasteiger partial charge >= 0.3 is 0 Å². The van der Waals surface area contributed by atoms with E-state index in [0.717, 1.165) is 36.2 Å². The Labute approximate surface area is 121 Å². The summed E-state index contributed by atoms with van der Waals surface area (Å²) in [5.41, 5.74) is 0.740. The molecule has 2 N–H and O–H groups in total. The molecule has 3 rings (SSSR count). The Morgan fingerprint density at radius 2 is 2.35 bits per heavy atom. The second-order valence-electron chi connectivity index (χ2n) is 5.19. The van der Waals surface area contributed by atoms with Gasteiger partial charge in [0.05, 0.1) is 4.88 Å². The molecule has 106 valence electrons. The first-order valence-corrected chi connectivity index (χ1v) is 7.67. The van der Waals surface area contributed by atoms with Crippen molar-refractivity contribution in [2.24, 2.45) is 0 Å². The van der Waals surface area contributed by atoms with Crippen LogP contribution in [0.4, 0.5) is 4.39 Å². The molecule has 1 aliphatic rings. The summed E-state index contributed by atoms with van der Waals surface area (Å²) < 4.78 is 14.7. The predicted octanol–water partition coefficient (Wildman–Crippen LogP) is 2.83. The molecule has 3 nitrogen and oxygen atoms in total. The molecule has 1 aromatic carbocycles. The second kappa shape index (κ2) is 5.50. The van der Waals surface area contributed by atoms with Crippen LogP contribution in [0.15, 0.2) is 18.2 Å². The SMILES string of the molecule is Cc1c(C(=O)NC2CCCNC2)sc2cccc(F)c12. The van der Waals surface area contributed by atoms with Crippen LogP contribution >= 0.6 is 11.3 Å². The molecule has 1 fully saturated rings. The van der Waals surface area contributed by atoms with Crippen molar-refractivity contribution in [3.8, 4) is 0 Å². The largest absolute Gasteiger partial charge is 0.347 e. The molecule has 1 aromatic heterocycles. The second-order valence-corrected chi connectivity index (χ2v) is 6.24. The monoisotopic (exact) mass is 292 g/mol. The predicted molar refractivity (Wildman–Crippen MR) is 79.9 cm³/mol. The Kier molecular flexibility index (Phi) is 3.72. The first-order valence-electron chi connectivity index (χ1n) is 6.86. The summed E-state index contributed by atoms with van der Waals surface area (Å²) >= 11 is 1.36. The number of aryl methyl sites for hydroxylation is 1. The van der Waals surface area contributed by atoms with Crippen LogP contribution in [-0.4, -0.2) is 25.0 Å². The number of hydrogen-bond donors (Lipinski definition) is 2. The number of carbonyl (C=O) groups excluding carboxylic acids is 1. The highest BCUT2D eigenvalue weighted by Crippen LogP contribution is 2.32. The Hall–Kier alpha value is -1.46. The van der Waals surface area contributed by atoms with Crippen molar-refractivity contribution in [1.82, 2.24) is 10.6 Å². The van der Waals surface area contributed by atoms with Gasteiger partial charge in [-0.05, 0) is 44.0 Å². The van der Waals surface area contributed by atoms with Gasteiger partial charge in [-0.25, -0.2) is 4.39 Å². The molecule has 0 bridgehead atoms. The van der Waals surface area contributed by atoms with Gasteiger partial charge in [-0.15, -0.1) is 11.3 Å². The van der Waals surface area contributed by atoms with Crippen LogP contribution < -0.4 is 10.6 Å². The Bertz CT molecular complexity index is 647. The summed E-state index contributed by atoms with van der Waals surface area (Å²) in [5, 5.41) is 6.89. The Balaban J connectivity index is 1.87. The molecule has 5 heteroatoms. The van der Waals surface area contributed by atoms with Gasteiger partial charge in [-0.2, -0.15) is 0 Å². The number of hydrogen-bond acceptors (Lipinski definition) is 3. The van der Waals surface area contributed by atoms with Crippen molar-refractivity contribution in [3.05, 3.63) is 34.5 Å². The molecule has 1 atom stereocenters. The third-order valence-corrected chi connectivity index (χ3v) is 5.00. The fraction of sp³-hybridized carbons (Fsp3) is 0.400. The van der Waals surface area contributed by atoms with Crippen LogP contribution in [0, 0.1) is 12.7 Å². The van der Waals surface area contributed by atoms with E-state index in [0.29, 0.717) is 10.3 Å². The number of benzene rings is 1. The van der Waals surface area contributed by atoms with Gasteiger partial charge in [0.2, 0.25) is 0 Å². The zero-order valence-corrected chi connectivity index (χ0v) is 12.1. The standard InChI is InChI=1S/C15H17FN2OS/c1-9-13-11(16)5-2-6-12(13)20-14(9)15(19)18-10-4-3-7-17-8-10/h2,5-6,10,17H,3-4,7-8H2,1H3,(H,18,19). The topological polar surface area (TPSA) is 41.1 Å². The zero-order chi connectivity index (χ0) is 14.1. The van der Waals surface area contributed by atoms with Gasteiger partial charge < -0.3 is 10.6 Å². The number of nitrogens with one attached hydrogen (secondary N) is 2. The number of carbonyl (C=O) groups is 1. The highest BCUT2D eigenvalue weighted by molar-refractivity contribution is 7.21. The average molecular weight is 292 g/mol. The third-order valence-electron chi connectivity index (χ3n) is 3.74. The van der Waals surface area contributed by atoms with Gasteiger partial charge in [0.15, 0.2) is 0 Å². The van der Waals surface area contributed by atoms with E-state index in [1.165, 1.54) is 17.4 Å². The maximum Gasteiger partial charge on any atom is 0.261 e. The van der Waals surface area contributed by atoms with E-state index >= 15 is 0 Å². The van der Waals surface area contributed by atoms with Crippen molar-refractivity contribution >= 4 is 27.3 Å². The lowest BCUT2D eigenvalue weighted by Gasteiger charge is -2.23. The van der Waals surface area contributed by atoms with E-state index in [1.807, 2.05) is 13.0 Å². The fourth-order valence-corrected chi connectivity index (χ4v) is 3.82. The maximum atomic E-state index is 13.8. The quantitative estimate of drug-likeness (QED) is 0.893. The summed E-state index contributed by atoms with van der Waals surface area (Å²) in [6.45, 7) is 3.64. The summed E-state index contributed by atoms with van der Waals surface area (Å²) in [4.78, 5) is 13.0.